The van der Waals surface area contributed by atoms with Crippen molar-refractivity contribution in [3.8, 4) is 0 Å². The molecule has 0 aromatic heterocycles. The number of halogens is 10. The molecule has 0 spiro atoms. The van der Waals surface area contributed by atoms with Crippen LogP contribution in [0.4, 0.5) is 43.9 Å². The van der Waals surface area contributed by atoms with Gasteiger partial charge in [0.1, 0.15) is 0 Å². The van der Waals surface area contributed by atoms with Gasteiger partial charge in [0.05, 0.1) is 0 Å². The molecule has 4 atom stereocenters. The van der Waals surface area contributed by atoms with Crippen LogP contribution in [0.25, 0.3) is 0 Å². The first-order valence-electron chi connectivity index (χ1n) is 10.3. The molecule has 0 radical (unpaired) electrons. The topological polar surface area (TPSA) is 0 Å². The van der Waals surface area contributed by atoms with Gasteiger partial charge in [-0.1, -0.05) is 20.8 Å². The zero-order valence-corrected chi connectivity index (χ0v) is 17.6. The Morgan fingerprint density at radius 2 is 0.909 bits per heavy atom. The van der Waals surface area contributed by atoms with E-state index in [1.165, 1.54) is 0 Å². The standard InChI is InChI=1S/C22H17BF10/c1-6-4-7-5-8(22(7,2)3)9(6)23(10-12(24)16(28)20(32)17(29)13(10)25)11-14(26)18(30)21(33)19(31)15(11)27/h6-9H,4-5H2,1-3H3. The van der Waals surface area contributed by atoms with E-state index in [2.05, 4.69) is 0 Å². The van der Waals surface area contributed by atoms with Crippen LogP contribution in [-0.2, 0) is 0 Å². The largest absolute Gasteiger partial charge is 0.229 e. The van der Waals surface area contributed by atoms with Gasteiger partial charge in [-0.05, 0) is 41.8 Å². The van der Waals surface area contributed by atoms with Gasteiger partial charge in [-0.25, -0.2) is 43.9 Å². The second-order valence-corrected chi connectivity index (χ2v) is 9.60. The summed E-state index contributed by atoms with van der Waals surface area (Å²) in [6.45, 7) is 2.81. The SMILES string of the molecule is CC1CC2CC(C1B(c1c(F)c(F)c(F)c(F)c1F)c1c(F)c(F)c(F)c(F)c1F)C2(C)C. The molecule has 3 fully saturated rings. The van der Waals surface area contributed by atoms with Crippen LogP contribution in [0, 0.1) is 81.3 Å². The highest BCUT2D eigenvalue weighted by Gasteiger charge is 2.61. The average Bonchev–Trinajstić information content (AvgIpc) is 2.77. The Kier molecular flexibility index (Phi) is 5.56. The van der Waals surface area contributed by atoms with Gasteiger partial charge in [-0.2, -0.15) is 0 Å². The van der Waals surface area contributed by atoms with Crippen LogP contribution >= 0.6 is 0 Å². The highest BCUT2D eigenvalue weighted by molar-refractivity contribution is 6.86. The molecule has 0 amide bonds. The van der Waals surface area contributed by atoms with Crippen LogP contribution in [0.3, 0.4) is 0 Å². The van der Waals surface area contributed by atoms with Crippen molar-refractivity contribution in [3.63, 3.8) is 0 Å². The van der Waals surface area contributed by atoms with Gasteiger partial charge in [0.2, 0.25) is 6.71 Å². The number of rotatable bonds is 3. The Morgan fingerprint density at radius 1 is 0.576 bits per heavy atom. The van der Waals surface area contributed by atoms with Gasteiger partial charge in [0.25, 0.3) is 0 Å². The third kappa shape index (κ3) is 3.13. The first-order chi connectivity index (χ1) is 15.2. The quantitative estimate of drug-likeness (QED) is 0.226. The number of hydrogen-bond donors (Lipinski definition) is 0. The summed E-state index contributed by atoms with van der Waals surface area (Å²) in [6.07, 6.45) is 0.804. The van der Waals surface area contributed by atoms with Crippen molar-refractivity contribution in [3.05, 3.63) is 58.2 Å². The molecule has 0 saturated heterocycles. The van der Waals surface area contributed by atoms with Crippen LogP contribution < -0.4 is 10.9 Å². The van der Waals surface area contributed by atoms with E-state index in [0.29, 0.717) is 12.8 Å². The predicted octanol–water partition coefficient (Wildman–Crippen LogP) is 5.76. The second-order valence-electron chi connectivity index (χ2n) is 9.60. The molecule has 2 aromatic rings. The van der Waals surface area contributed by atoms with E-state index in [1.807, 2.05) is 0 Å². The van der Waals surface area contributed by atoms with Gasteiger partial charge < -0.3 is 0 Å². The van der Waals surface area contributed by atoms with Crippen molar-refractivity contribution < 1.29 is 43.9 Å². The molecular weight excluding hydrogens is 465 g/mol. The smallest absolute Gasteiger partial charge is 0.204 e. The van der Waals surface area contributed by atoms with E-state index in [-0.39, 0.29) is 5.92 Å². The first-order valence-corrected chi connectivity index (χ1v) is 10.3. The molecule has 0 N–H and O–H groups in total. The Labute approximate surface area is 183 Å². The minimum atomic E-state index is -2.49. The van der Waals surface area contributed by atoms with Crippen LogP contribution in [0.5, 0.6) is 0 Å². The van der Waals surface area contributed by atoms with E-state index < -0.39 is 98.9 Å². The molecule has 178 valence electrons. The lowest BCUT2D eigenvalue weighted by Crippen LogP contribution is -2.63. The molecule has 11 heteroatoms. The lowest BCUT2D eigenvalue weighted by Gasteiger charge is -2.63. The average molecular weight is 482 g/mol. The van der Waals surface area contributed by atoms with Crippen molar-refractivity contribution in [2.75, 3.05) is 0 Å². The maximum absolute atomic E-state index is 14.9. The lowest BCUT2D eigenvalue weighted by molar-refractivity contribution is -0.0860. The van der Waals surface area contributed by atoms with Gasteiger partial charge >= 0.3 is 0 Å². The van der Waals surface area contributed by atoms with Crippen molar-refractivity contribution >= 4 is 17.6 Å². The normalized spacial score (nSPS) is 25.7. The van der Waals surface area contributed by atoms with E-state index in [0.717, 1.165) is 0 Å². The molecule has 0 heterocycles. The van der Waals surface area contributed by atoms with E-state index in [9.17, 15) is 43.9 Å². The zero-order valence-electron chi connectivity index (χ0n) is 17.6. The van der Waals surface area contributed by atoms with Crippen LogP contribution in [0.15, 0.2) is 0 Å². The summed E-state index contributed by atoms with van der Waals surface area (Å²) in [5.74, 6) is -26.1. The molecule has 4 unspecified atom stereocenters. The molecule has 0 nitrogen and oxygen atoms in total. The third-order valence-corrected chi connectivity index (χ3v) is 7.82. The number of benzene rings is 2. The molecule has 0 aliphatic heterocycles. The molecule has 33 heavy (non-hydrogen) atoms. The monoisotopic (exact) mass is 482 g/mol. The second kappa shape index (κ2) is 7.66. The van der Waals surface area contributed by atoms with E-state index >= 15 is 0 Å². The molecule has 3 aliphatic carbocycles. The highest BCUT2D eigenvalue weighted by atomic mass is 19.2. The molecule has 3 aliphatic rings. The Balaban J connectivity index is 2.10. The van der Waals surface area contributed by atoms with Crippen LogP contribution in [0.1, 0.15) is 33.6 Å². The summed E-state index contributed by atoms with van der Waals surface area (Å²) >= 11 is 0. The fraction of sp³-hybridized carbons (Fsp3) is 0.455. The fourth-order valence-corrected chi connectivity index (χ4v) is 5.99. The fourth-order valence-electron chi connectivity index (χ4n) is 5.99. The molecule has 2 bridgehead atoms. The number of hydrogen-bond acceptors (Lipinski definition) is 0. The summed E-state index contributed by atoms with van der Waals surface area (Å²) < 4.78 is 143. The van der Waals surface area contributed by atoms with Gasteiger partial charge in [0, 0.05) is 10.9 Å². The third-order valence-electron chi connectivity index (χ3n) is 7.82. The number of fused-ring (bicyclic) bond motifs is 2. The minimum absolute atomic E-state index is 0.127. The Morgan fingerprint density at radius 3 is 1.24 bits per heavy atom. The van der Waals surface area contributed by atoms with Crippen LogP contribution in [-0.4, -0.2) is 6.71 Å². The highest BCUT2D eigenvalue weighted by Crippen LogP contribution is 2.65. The van der Waals surface area contributed by atoms with E-state index in [1.54, 1.807) is 20.8 Å². The molecule has 2 aromatic carbocycles. The summed E-state index contributed by atoms with van der Waals surface area (Å²) in [6, 6.07) is 0. The molecule has 3 saturated carbocycles. The Hall–Kier alpha value is -2.20. The van der Waals surface area contributed by atoms with Crippen molar-refractivity contribution in [1.29, 1.82) is 0 Å². The summed E-state index contributed by atoms with van der Waals surface area (Å²) in [5.41, 5.74) is -3.75. The first kappa shape index (κ1) is 23.9. The Bertz CT molecular complexity index is 1030. The lowest BCUT2D eigenvalue weighted by atomic mass is 9.23. The van der Waals surface area contributed by atoms with Gasteiger partial charge in [-0.3, -0.25) is 0 Å². The van der Waals surface area contributed by atoms with Gasteiger partial charge in [0.15, 0.2) is 58.2 Å². The van der Waals surface area contributed by atoms with Crippen molar-refractivity contribution in [1.82, 2.24) is 0 Å². The minimum Gasteiger partial charge on any atom is -0.204 e. The summed E-state index contributed by atoms with van der Waals surface area (Å²) in [4.78, 5) is 0. The molecule has 5 rings (SSSR count). The van der Waals surface area contributed by atoms with Crippen LogP contribution in [0.2, 0.25) is 5.82 Å². The summed E-state index contributed by atoms with van der Waals surface area (Å²) in [5, 5.41) is 0. The summed E-state index contributed by atoms with van der Waals surface area (Å²) in [7, 11) is 0. The predicted molar refractivity (Wildman–Crippen MR) is 100 cm³/mol. The van der Waals surface area contributed by atoms with Crippen molar-refractivity contribution in [2.45, 2.75) is 39.4 Å². The maximum atomic E-state index is 14.9. The zero-order chi connectivity index (χ0) is 24.7. The van der Waals surface area contributed by atoms with Gasteiger partial charge in [-0.15, -0.1) is 0 Å². The molecular formula is C22H17BF10. The van der Waals surface area contributed by atoms with E-state index in [4.69, 9.17) is 0 Å². The maximum Gasteiger partial charge on any atom is 0.229 e. The van der Waals surface area contributed by atoms with Crippen molar-refractivity contribution in [2.24, 2.45) is 23.2 Å².